The van der Waals surface area contributed by atoms with Gasteiger partial charge in [-0.25, -0.2) is 4.79 Å². The fourth-order valence-corrected chi connectivity index (χ4v) is 2.63. The molecule has 0 saturated carbocycles. The molecule has 2 rings (SSSR count). The van der Waals surface area contributed by atoms with Crippen molar-refractivity contribution in [2.75, 3.05) is 6.61 Å². The van der Waals surface area contributed by atoms with E-state index in [1.165, 1.54) is 11.1 Å². The summed E-state index contributed by atoms with van der Waals surface area (Å²) in [5.74, 6) is -0.667. The third-order valence-electron chi connectivity index (χ3n) is 4.17. The molecule has 0 aliphatic rings. The van der Waals surface area contributed by atoms with Gasteiger partial charge >= 0.3 is 5.97 Å². The first-order valence-corrected chi connectivity index (χ1v) is 9.14. The van der Waals surface area contributed by atoms with Gasteiger partial charge in [0, 0.05) is 11.1 Å². The third-order valence-corrected chi connectivity index (χ3v) is 4.17. The maximum absolute atomic E-state index is 12.7. The Balaban J connectivity index is 2.03. The van der Waals surface area contributed by atoms with Crippen LogP contribution in [0.5, 0.6) is 0 Å². The van der Waals surface area contributed by atoms with Crippen LogP contribution >= 0.6 is 0 Å². The molecular weight excluding hydrogens is 336 g/mol. The number of benzene rings is 2. The Hall–Kier alpha value is -2.94. The minimum absolute atomic E-state index is 0.184. The van der Waals surface area contributed by atoms with Crippen molar-refractivity contribution in [3.8, 4) is 0 Å². The minimum Gasteiger partial charge on any atom is -0.458 e. The Morgan fingerprint density at radius 1 is 0.852 bits per heavy atom. The lowest BCUT2D eigenvalue weighted by Crippen LogP contribution is -2.12. The number of hydrogen-bond acceptors (Lipinski definition) is 3. The van der Waals surface area contributed by atoms with Gasteiger partial charge in [-0.3, -0.25) is 4.79 Å². The van der Waals surface area contributed by atoms with E-state index < -0.39 is 5.97 Å². The third kappa shape index (κ3) is 6.37. The number of ether oxygens (including phenoxy) is 1. The van der Waals surface area contributed by atoms with E-state index in [4.69, 9.17) is 4.74 Å². The highest BCUT2D eigenvalue weighted by atomic mass is 16.5. The molecule has 0 amide bonds. The first-order chi connectivity index (χ1) is 13.0. The molecule has 140 valence electrons. The van der Waals surface area contributed by atoms with Crippen LogP contribution in [-0.4, -0.2) is 18.4 Å². The second kappa shape index (κ2) is 10.3. The summed E-state index contributed by atoms with van der Waals surface area (Å²) in [4.78, 5) is 25.2. The maximum Gasteiger partial charge on any atom is 0.339 e. The van der Waals surface area contributed by atoms with Gasteiger partial charge in [0.1, 0.15) is 6.61 Å². The highest BCUT2D eigenvalue weighted by Crippen LogP contribution is 2.16. The van der Waals surface area contributed by atoms with Gasteiger partial charge in [0.15, 0.2) is 5.78 Å². The van der Waals surface area contributed by atoms with Crippen LogP contribution < -0.4 is 0 Å². The molecule has 0 radical (unpaired) electrons. The van der Waals surface area contributed by atoms with Gasteiger partial charge in [0.2, 0.25) is 0 Å². The van der Waals surface area contributed by atoms with Gasteiger partial charge in [0.25, 0.3) is 0 Å². The summed E-state index contributed by atoms with van der Waals surface area (Å²) < 4.78 is 5.37. The van der Waals surface area contributed by atoms with E-state index in [1.807, 2.05) is 19.1 Å². The van der Waals surface area contributed by atoms with Gasteiger partial charge in [-0.15, -0.1) is 0 Å². The highest BCUT2D eigenvalue weighted by molar-refractivity contribution is 6.14. The Bertz CT molecular complexity index is 841. The van der Waals surface area contributed by atoms with Gasteiger partial charge in [0.05, 0.1) is 5.56 Å². The number of rotatable bonds is 8. The zero-order valence-electron chi connectivity index (χ0n) is 16.2. The topological polar surface area (TPSA) is 43.4 Å². The number of ketones is 1. The van der Waals surface area contributed by atoms with E-state index in [-0.39, 0.29) is 12.4 Å². The van der Waals surface area contributed by atoms with Crippen molar-refractivity contribution in [3.05, 3.63) is 94.6 Å². The lowest BCUT2D eigenvalue weighted by molar-refractivity contribution is 0.0546. The Morgan fingerprint density at radius 3 is 2.15 bits per heavy atom. The molecule has 0 unspecified atom stereocenters. The monoisotopic (exact) mass is 362 g/mol. The van der Waals surface area contributed by atoms with E-state index in [0.717, 1.165) is 12.8 Å². The molecular formula is C24H26O3. The van der Waals surface area contributed by atoms with Crippen molar-refractivity contribution in [1.82, 2.24) is 0 Å². The van der Waals surface area contributed by atoms with E-state index in [1.54, 1.807) is 48.5 Å². The van der Waals surface area contributed by atoms with Crippen molar-refractivity contribution < 1.29 is 14.3 Å². The quantitative estimate of drug-likeness (QED) is 0.340. The smallest absolute Gasteiger partial charge is 0.339 e. The number of esters is 1. The molecule has 0 saturated heterocycles. The maximum atomic E-state index is 12.7. The second-order valence-corrected chi connectivity index (χ2v) is 6.71. The first-order valence-electron chi connectivity index (χ1n) is 9.14. The molecule has 0 aliphatic carbocycles. The van der Waals surface area contributed by atoms with Crippen LogP contribution in [0.1, 0.15) is 59.9 Å². The molecule has 2 aromatic rings. The van der Waals surface area contributed by atoms with Gasteiger partial charge in [-0.05, 0) is 45.8 Å². The molecule has 0 aliphatic heterocycles. The van der Waals surface area contributed by atoms with Crippen molar-refractivity contribution >= 4 is 11.8 Å². The highest BCUT2D eigenvalue weighted by Gasteiger charge is 2.18. The molecule has 3 nitrogen and oxygen atoms in total. The molecule has 0 atom stereocenters. The lowest BCUT2D eigenvalue weighted by Gasteiger charge is -2.08. The zero-order chi connectivity index (χ0) is 19.6. The SMILES string of the molecule is CC(C)=CCC/C(C)=C/COC(=O)c1ccccc1C(=O)c1ccccc1. The average molecular weight is 362 g/mol. The number of hydrogen-bond donors (Lipinski definition) is 0. The fraction of sp³-hybridized carbons (Fsp3) is 0.250. The van der Waals surface area contributed by atoms with Crippen molar-refractivity contribution in [2.45, 2.75) is 33.6 Å². The van der Waals surface area contributed by atoms with Crippen molar-refractivity contribution in [3.63, 3.8) is 0 Å². The normalized spacial score (nSPS) is 11.0. The summed E-state index contributed by atoms with van der Waals surface area (Å²) in [5.41, 5.74) is 3.68. The standard InChI is InChI=1S/C24H26O3/c1-18(2)10-9-11-19(3)16-17-27-24(26)22-15-8-7-14-21(22)23(25)20-12-5-4-6-13-20/h4-8,10,12-16H,9,11,17H2,1-3H3/b19-16+. The van der Waals surface area contributed by atoms with Crippen LogP contribution in [0.3, 0.4) is 0 Å². The minimum atomic E-state index is -0.483. The largest absolute Gasteiger partial charge is 0.458 e. The predicted molar refractivity (Wildman–Crippen MR) is 109 cm³/mol. The first kappa shape index (κ1) is 20.4. The zero-order valence-corrected chi connectivity index (χ0v) is 16.2. The van der Waals surface area contributed by atoms with Crippen LogP contribution in [0.2, 0.25) is 0 Å². The Labute approximate surface area is 161 Å². The van der Waals surface area contributed by atoms with Gasteiger partial charge in [-0.2, -0.15) is 0 Å². The van der Waals surface area contributed by atoms with Crippen LogP contribution in [-0.2, 0) is 4.74 Å². The summed E-state index contributed by atoms with van der Waals surface area (Å²) >= 11 is 0. The van der Waals surface area contributed by atoms with Crippen LogP contribution in [0.4, 0.5) is 0 Å². The van der Waals surface area contributed by atoms with Crippen LogP contribution in [0.15, 0.2) is 77.9 Å². The Kier molecular flexibility index (Phi) is 7.75. The summed E-state index contributed by atoms with van der Waals surface area (Å²) in [7, 11) is 0. The average Bonchev–Trinajstić information content (AvgIpc) is 2.67. The van der Waals surface area contributed by atoms with Crippen LogP contribution in [0, 0.1) is 0 Å². The van der Waals surface area contributed by atoms with E-state index >= 15 is 0 Å². The molecule has 0 heterocycles. The van der Waals surface area contributed by atoms with Gasteiger partial charge < -0.3 is 4.74 Å². The molecule has 2 aromatic carbocycles. The fourth-order valence-electron chi connectivity index (χ4n) is 2.63. The molecule has 0 fully saturated rings. The summed E-state index contributed by atoms with van der Waals surface area (Å²) in [5, 5.41) is 0. The number of carbonyl (C=O) groups is 2. The summed E-state index contributed by atoms with van der Waals surface area (Å²) in [6.45, 7) is 6.39. The van der Waals surface area contributed by atoms with E-state index in [0.29, 0.717) is 16.7 Å². The van der Waals surface area contributed by atoms with Crippen molar-refractivity contribution in [1.29, 1.82) is 0 Å². The molecule has 0 aromatic heterocycles. The molecule has 3 heteroatoms. The molecule has 0 bridgehead atoms. The summed E-state index contributed by atoms with van der Waals surface area (Å²) in [6.07, 6.45) is 6.02. The molecule has 0 spiro atoms. The predicted octanol–water partition coefficient (Wildman–Crippen LogP) is 5.77. The second-order valence-electron chi connectivity index (χ2n) is 6.71. The molecule has 0 N–H and O–H groups in total. The van der Waals surface area contributed by atoms with Crippen LogP contribution in [0.25, 0.3) is 0 Å². The Morgan fingerprint density at radius 2 is 1.48 bits per heavy atom. The lowest BCUT2D eigenvalue weighted by atomic mass is 9.98. The van der Waals surface area contributed by atoms with E-state index in [9.17, 15) is 9.59 Å². The molecule has 27 heavy (non-hydrogen) atoms. The number of allylic oxidation sites excluding steroid dienone is 3. The van der Waals surface area contributed by atoms with Gasteiger partial charge in [-0.1, -0.05) is 65.8 Å². The van der Waals surface area contributed by atoms with Crippen molar-refractivity contribution in [2.24, 2.45) is 0 Å². The van der Waals surface area contributed by atoms with E-state index in [2.05, 4.69) is 19.9 Å². The number of carbonyl (C=O) groups excluding carboxylic acids is 2. The summed E-state index contributed by atoms with van der Waals surface area (Å²) in [6, 6.07) is 15.7.